The second-order valence-electron chi connectivity index (χ2n) is 5.47. The minimum Gasteiger partial charge on any atom is -0.307 e. The highest BCUT2D eigenvalue weighted by atomic mass is 79.9. The van der Waals surface area contributed by atoms with Crippen molar-refractivity contribution >= 4 is 15.9 Å². The van der Waals surface area contributed by atoms with E-state index in [4.69, 9.17) is 0 Å². The lowest BCUT2D eigenvalue weighted by Crippen LogP contribution is -2.35. The van der Waals surface area contributed by atoms with Crippen molar-refractivity contribution in [2.45, 2.75) is 58.5 Å². The third kappa shape index (κ3) is 2.97. The van der Waals surface area contributed by atoms with Crippen LogP contribution in [-0.4, -0.2) is 6.04 Å². The van der Waals surface area contributed by atoms with E-state index in [1.54, 1.807) is 0 Å². The van der Waals surface area contributed by atoms with Gasteiger partial charge in [-0.15, -0.1) is 0 Å². The Hall–Kier alpha value is -0.340. The van der Waals surface area contributed by atoms with Crippen LogP contribution in [0.2, 0.25) is 0 Å². The number of hydrogen-bond donors (Lipinski definition) is 1. The van der Waals surface area contributed by atoms with Crippen molar-refractivity contribution in [3.8, 4) is 0 Å². The Kier molecular flexibility index (Phi) is 4.85. The number of rotatable bonds is 5. The van der Waals surface area contributed by atoms with Crippen LogP contribution in [0.3, 0.4) is 0 Å². The highest BCUT2D eigenvalue weighted by molar-refractivity contribution is 9.10. The summed E-state index contributed by atoms with van der Waals surface area (Å²) in [5.74, 6) is 0.793. The zero-order valence-electron chi connectivity index (χ0n) is 11.7. The van der Waals surface area contributed by atoms with Gasteiger partial charge in [0.1, 0.15) is 0 Å². The van der Waals surface area contributed by atoms with Gasteiger partial charge in [-0.05, 0) is 48.9 Å². The molecule has 0 fully saturated rings. The van der Waals surface area contributed by atoms with E-state index in [0.29, 0.717) is 12.1 Å². The van der Waals surface area contributed by atoms with E-state index in [-0.39, 0.29) is 0 Å². The zero-order chi connectivity index (χ0) is 13.1. The number of nitrogens with one attached hydrogen (secondary N) is 1. The fraction of sp³-hybridized carbons (Fsp3) is 0.625. The maximum Gasteiger partial charge on any atom is 0.0328 e. The van der Waals surface area contributed by atoms with Crippen LogP contribution in [0.1, 0.15) is 57.2 Å². The number of fused-ring (bicyclic) bond motifs is 1. The highest BCUT2D eigenvalue weighted by Crippen LogP contribution is 2.34. The molecule has 0 spiro atoms. The van der Waals surface area contributed by atoms with Crippen molar-refractivity contribution in [2.75, 3.05) is 0 Å². The molecule has 0 radical (unpaired) electrons. The molecule has 0 amide bonds. The van der Waals surface area contributed by atoms with Gasteiger partial charge in [0.15, 0.2) is 0 Å². The summed E-state index contributed by atoms with van der Waals surface area (Å²) in [6.45, 7) is 6.94. The quantitative estimate of drug-likeness (QED) is 0.819. The maximum absolute atomic E-state index is 3.84. The van der Waals surface area contributed by atoms with Crippen LogP contribution in [0.15, 0.2) is 22.7 Å². The molecule has 1 nitrogen and oxygen atoms in total. The van der Waals surface area contributed by atoms with Gasteiger partial charge in [0.25, 0.3) is 0 Å². The van der Waals surface area contributed by atoms with Gasteiger partial charge >= 0.3 is 0 Å². The molecule has 1 N–H and O–H groups in total. The SMILES string of the molecule is CCC(CC)C(C)NC1CCc2ccc(Br)cc21. The Balaban J connectivity index is 2.07. The summed E-state index contributed by atoms with van der Waals surface area (Å²) in [6, 6.07) is 7.87. The van der Waals surface area contributed by atoms with Crippen molar-refractivity contribution in [1.82, 2.24) is 5.32 Å². The summed E-state index contributed by atoms with van der Waals surface area (Å²) >= 11 is 3.59. The first-order valence-electron chi connectivity index (χ1n) is 7.20. The van der Waals surface area contributed by atoms with Gasteiger partial charge in [0.2, 0.25) is 0 Å². The van der Waals surface area contributed by atoms with Gasteiger partial charge < -0.3 is 5.32 Å². The molecule has 0 bridgehead atoms. The lowest BCUT2D eigenvalue weighted by molar-refractivity contribution is 0.322. The average molecular weight is 310 g/mol. The minimum absolute atomic E-state index is 0.549. The van der Waals surface area contributed by atoms with Crippen LogP contribution in [0, 0.1) is 5.92 Å². The Labute approximate surface area is 119 Å². The molecule has 2 atom stereocenters. The number of hydrogen-bond acceptors (Lipinski definition) is 1. The van der Waals surface area contributed by atoms with E-state index in [1.165, 1.54) is 41.3 Å². The molecule has 1 aromatic rings. The summed E-state index contributed by atoms with van der Waals surface area (Å²) in [5, 5.41) is 3.84. The van der Waals surface area contributed by atoms with Crippen molar-refractivity contribution in [2.24, 2.45) is 5.92 Å². The molecule has 1 aromatic carbocycles. The summed E-state index contributed by atoms with van der Waals surface area (Å²) in [7, 11) is 0. The summed E-state index contributed by atoms with van der Waals surface area (Å²) < 4.78 is 1.20. The van der Waals surface area contributed by atoms with E-state index in [0.717, 1.165) is 5.92 Å². The highest BCUT2D eigenvalue weighted by Gasteiger charge is 2.25. The van der Waals surface area contributed by atoms with Crippen LogP contribution >= 0.6 is 15.9 Å². The Morgan fingerprint density at radius 1 is 1.33 bits per heavy atom. The third-order valence-corrected chi connectivity index (χ3v) is 4.90. The lowest BCUT2D eigenvalue weighted by atomic mass is 9.94. The lowest BCUT2D eigenvalue weighted by Gasteiger charge is -2.26. The third-order valence-electron chi connectivity index (χ3n) is 4.41. The van der Waals surface area contributed by atoms with E-state index >= 15 is 0 Å². The van der Waals surface area contributed by atoms with Gasteiger partial charge in [-0.1, -0.05) is 48.7 Å². The fourth-order valence-electron chi connectivity index (χ4n) is 3.20. The first-order chi connectivity index (χ1) is 8.65. The van der Waals surface area contributed by atoms with Crippen LogP contribution in [-0.2, 0) is 6.42 Å². The molecule has 0 saturated heterocycles. The first kappa shape index (κ1) is 14.1. The van der Waals surface area contributed by atoms with Gasteiger partial charge in [-0.25, -0.2) is 0 Å². The summed E-state index contributed by atoms with van der Waals surface area (Å²) in [6.07, 6.45) is 5.00. The first-order valence-corrected chi connectivity index (χ1v) is 7.99. The van der Waals surface area contributed by atoms with Gasteiger partial charge in [-0.3, -0.25) is 0 Å². The molecule has 18 heavy (non-hydrogen) atoms. The smallest absolute Gasteiger partial charge is 0.0328 e. The van der Waals surface area contributed by atoms with Crippen LogP contribution in [0.5, 0.6) is 0 Å². The molecule has 0 saturated carbocycles. The molecule has 0 heterocycles. The van der Waals surface area contributed by atoms with E-state index < -0.39 is 0 Å². The molecule has 1 aliphatic carbocycles. The predicted octanol–water partition coefficient (Wildman–Crippen LogP) is 4.85. The summed E-state index contributed by atoms with van der Waals surface area (Å²) in [4.78, 5) is 0. The largest absolute Gasteiger partial charge is 0.307 e. The molecular formula is C16H24BrN. The van der Waals surface area contributed by atoms with E-state index in [9.17, 15) is 0 Å². The van der Waals surface area contributed by atoms with Crippen LogP contribution in [0.4, 0.5) is 0 Å². The van der Waals surface area contributed by atoms with E-state index in [2.05, 4.69) is 60.2 Å². The molecule has 2 heteroatoms. The molecule has 0 aliphatic heterocycles. The summed E-state index contributed by atoms with van der Waals surface area (Å²) in [5.41, 5.74) is 3.02. The average Bonchev–Trinajstić information content (AvgIpc) is 2.73. The Morgan fingerprint density at radius 2 is 2.06 bits per heavy atom. The number of halogens is 1. The number of benzene rings is 1. The topological polar surface area (TPSA) is 12.0 Å². The normalized spacial score (nSPS) is 20.2. The molecule has 2 rings (SSSR count). The number of aryl methyl sites for hydroxylation is 1. The molecule has 100 valence electrons. The zero-order valence-corrected chi connectivity index (χ0v) is 13.3. The molecule has 2 unspecified atom stereocenters. The van der Waals surface area contributed by atoms with Crippen LogP contribution in [0.25, 0.3) is 0 Å². The minimum atomic E-state index is 0.549. The fourth-order valence-corrected chi connectivity index (χ4v) is 3.57. The predicted molar refractivity (Wildman–Crippen MR) is 81.9 cm³/mol. The van der Waals surface area contributed by atoms with E-state index in [1.807, 2.05) is 0 Å². The monoisotopic (exact) mass is 309 g/mol. The van der Waals surface area contributed by atoms with Crippen LogP contribution < -0.4 is 5.32 Å². The Bertz CT molecular complexity index is 398. The van der Waals surface area contributed by atoms with Crippen molar-refractivity contribution in [3.05, 3.63) is 33.8 Å². The second-order valence-corrected chi connectivity index (χ2v) is 6.38. The van der Waals surface area contributed by atoms with Crippen molar-refractivity contribution in [3.63, 3.8) is 0 Å². The van der Waals surface area contributed by atoms with Crippen molar-refractivity contribution in [1.29, 1.82) is 0 Å². The van der Waals surface area contributed by atoms with Crippen molar-refractivity contribution < 1.29 is 0 Å². The molecule has 0 aromatic heterocycles. The van der Waals surface area contributed by atoms with Gasteiger partial charge in [-0.2, -0.15) is 0 Å². The van der Waals surface area contributed by atoms with Gasteiger partial charge in [0, 0.05) is 16.6 Å². The standard InChI is InChI=1S/C16H24BrN/c1-4-12(5-2)11(3)18-16-9-7-13-6-8-14(17)10-15(13)16/h6,8,10-12,16,18H,4-5,7,9H2,1-3H3. The Morgan fingerprint density at radius 3 is 2.72 bits per heavy atom. The molecule has 1 aliphatic rings. The molecular weight excluding hydrogens is 286 g/mol. The second kappa shape index (κ2) is 6.21. The maximum atomic E-state index is 3.84. The van der Waals surface area contributed by atoms with Gasteiger partial charge in [0.05, 0.1) is 0 Å².